The predicted octanol–water partition coefficient (Wildman–Crippen LogP) is 2.60. The van der Waals surface area contributed by atoms with E-state index in [0.717, 1.165) is 13.0 Å². The van der Waals surface area contributed by atoms with Crippen LogP contribution in [-0.4, -0.2) is 27.2 Å². The molecule has 1 unspecified atom stereocenters. The molecule has 0 saturated heterocycles. The van der Waals surface area contributed by atoms with Gasteiger partial charge in [-0.3, -0.25) is 0 Å². The number of carboxylic acid groups (broad SMARTS) is 1. The van der Waals surface area contributed by atoms with Crippen molar-refractivity contribution < 1.29 is 9.90 Å². The highest BCUT2D eigenvalue weighted by molar-refractivity contribution is 5.85. The van der Waals surface area contributed by atoms with Crippen molar-refractivity contribution in [3.8, 4) is 0 Å². The van der Waals surface area contributed by atoms with E-state index in [2.05, 4.69) is 42.3 Å². The Kier molecular flexibility index (Phi) is 2.97. The zero-order valence-corrected chi connectivity index (χ0v) is 11.6. The highest BCUT2D eigenvalue weighted by atomic mass is 16.4. The summed E-state index contributed by atoms with van der Waals surface area (Å²) in [6, 6.07) is 6.55. The molecule has 0 bridgehead atoms. The van der Waals surface area contributed by atoms with Crippen LogP contribution in [0.15, 0.2) is 24.4 Å². The molecule has 0 radical (unpaired) electrons. The minimum Gasteiger partial charge on any atom is -0.476 e. The largest absolute Gasteiger partial charge is 0.476 e. The molecule has 0 spiro atoms. The summed E-state index contributed by atoms with van der Waals surface area (Å²) in [6.45, 7) is 4.98. The standard InChI is InChI=1S/C15H17N3O2/c1-9-3-4-11(7-10(9)2)13-5-6-16-15-17-12(14(19)20)8-18(13)15/h3-4,7-8,13H,5-6H2,1-2H3,(H,16,17)(H,19,20). The molecule has 104 valence electrons. The van der Waals surface area contributed by atoms with Crippen LogP contribution in [0.2, 0.25) is 0 Å². The number of carboxylic acids is 1. The Hall–Kier alpha value is -2.30. The maximum atomic E-state index is 11.1. The SMILES string of the molecule is Cc1ccc(C2CCNc3nc(C(=O)O)cn32)cc1C. The van der Waals surface area contributed by atoms with Crippen molar-refractivity contribution in [2.24, 2.45) is 0 Å². The molecule has 0 aliphatic carbocycles. The third kappa shape index (κ3) is 2.05. The zero-order chi connectivity index (χ0) is 14.3. The first-order valence-corrected chi connectivity index (χ1v) is 6.69. The average Bonchev–Trinajstić information content (AvgIpc) is 2.86. The van der Waals surface area contributed by atoms with E-state index in [9.17, 15) is 4.79 Å². The minimum absolute atomic E-state index is 0.0863. The number of imidazole rings is 1. The molecule has 0 amide bonds. The van der Waals surface area contributed by atoms with Crippen molar-refractivity contribution in [1.82, 2.24) is 9.55 Å². The van der Waals surface area contributed by atoms with Crippen LogP contribution in [0.5, 0.6) is 0 Å². The van der Waals surface area contributed by atoms with Crippen molar-refractivity contribution in [1.29, 1.82) is 0 Å². The second kappa shape index (κ2) is 4.67. The van der Waals surface area contributed by atoms with E-state index in [-0.39, 0.29) is 11.7 Å². The Morgan fingerprint density at radius 3 is 2.90 bits per heavy atom. The van der Waals surface area contributed by atoms with Crippen molar-refractivity contribution in [2.75, 3.05) is 11.9 Å². The van der Waals surface area contributed by atoms with E-state index in [4.69, 9.17) is 5.11 Å². The fraction of sp³-hybridized carbons (Fsp3) is 0.333. The van der Waals surface area contributed by atoms with Crippen LogP contribution < -0.4 is 5.32 Å². The Balaban J connectivity index is 2.04. The summed E-state index contributed by atoms with van der Waals surface area (Å²) in [5, 5.41) is 12.2. The van der Waals surface area contributed by atoms with E-state index in [1.54, 1.807) is 6.20 Å². The van der Waals surface area contributed by atoms with Gasteiger partial charge in [0.15, 0.2) is 5.69 Å². The number of fused-ring (bicyclic) bond motifs is 1. The molecule has 1 aliphatic heterocycles. The molecule has 2 N–H and O–H groups in total. The number of aromatic nitrogens is 2. The van der Waals surface area contributed by atoms with Gasteiger partial charge < -0.3 is 15.0 Å². The number of aromatic carboxylic acids is 1. The van der Waals surface area contributed by atoms with E-state index >= 15 is 0 Å². The molecule has 3 rings (SSSR count). The molecule has 1 aliphatic rings. The molecule has 1 atom stereocenters. The number of hydrogen-bond donors (Lipinski definition) is 2. The van der Waals surface area contributed by atoms with E-state index in [1.165, 1.54) is 16.7 Å². The van der Waals surface area contributed by atoms with Crippen molar-refractivity contribution in [3.63, 3.8) is 0 Å². The Morgan fingerprint density at radius 1 is 1.40 bits per heavy atom. The van der Waals surface area contributed by atoms with Gasteiger partial charge in [-0.1, -0.05) is 18.2 Å². The topological polar surface area (TPSA) is 67.2 Å². The average molecular weight is 271 g/mol. The lowest BCUT2D eigenvalue weighted by Gasteiger charge is -2.26. The van der Waals surface area contributed by atoms with E-state index < -0.39 is 5.97 Å². The van der Waals surface area contributed by atoms with Gasteiger partial charge in [0.05, 0.1) is 6.04 Å². The first kappa shape index (κ1) is 12.7. The molecule has 2 heterocycles. The van der Waals surface area contributed by atoms with Crippen LogP contribution in [0.25, 0.3) is 0 Å². The fourth-order valence-corrected chi connectivity index (χ4v) is 2.62. The Bertz CT molecular complexity index is 676. The molecule has 0 saturated carbocycles. The van der Waals surface area contributed by atoms with Crippen LogP contribution in [-0.2, 0) is 0 Å². The summed E-state index contributed by atoms with van der Waals surface area (Å²) in [7, 11) is 0. The van der Waals surface area contributed by atoms with Crippen molar-refractivity contribution in [3.05, 3.63) is 46.8 Å². The number of rotatable bonds is 2. The van der Waals surface area contributed by atoms with Crippen LogP contribution in [0.1, 0.15) is 39.6 Å². The van der Waals surface area contributed by atoms with Crippen LogP contribution in [0, 0.1) is 13.8 Å². The monoisotopic (exact) mass is 271 g/mol. The van der Waals surface area contributed by atoms with Gasteiger partial charge in [-0.15, -0.1) is 0 Å². The summed E-state index contributed by atoms with van der Waals surface area (Å²) >= 11 is 0. The second-order valence-electron chi connectivity index (χ2n) is 5.24. The Labute approximate surface area is 117 Å². The molecule has 1 aromatic carbocycles. The van der Waals surface area contributed by atoms with Gasteiger partial charge in [0.1, 0.15) is 0 Å². The van der Waals surface area contributed by atoms with Crippen molar-refractivity contribution in [2.45, 2.75) is 26.3 Å². The first-order chi connectivity index (χ1) is 9.56. The summed E-state index contributed by atoms with van der Waals surface area (Å²) in [6.07, 6.45) is 2.54. The predicted molar refractivity (Wildman–Crippen MR) is 76.3 cm³/mol. The highest BCUT2D eigenvalue weighted by Crippen LogP contribution is 2.30. The van der Waals surface area contributed by atoms with E-state index in [0.29, 0.717) is 5.95 Å². The summed E-state index contributed by atoms with van der Waals surface area (Å²) < 4.78 is 1.93. The van der Waals surface area contributed by atoms with Crippen LogP contribution >= 0.6 is 0 Å². The summed E-state index contributed by atoms with van der Waals surface area (Å²) in [5.74, 6) is -0.357. The molecule has 5 nitrogen and oxygen atoms in total. The van der Waals surface area contributed by atoms with Gasteiger partial charge in [0.2, 0.25) is 5.95 Å². The molecular formula is C15H17N3O2. The highest BCUT2D eigenvalue weighted by Gasteiger charge is 2.24. The molecule has 20 heavy (non-hydrogen) atoms. The van der Waals surface area contributed by atoms with Gasteiger partial charge >= 0.3 is 5.97 Å². The quantitative estimate of drug-likeness (QED) is 0.881. The van der Waals surface area contributed by atoms with Crippen LogP contribution in [0.3, 0.4) is 0 Å². The van der Waals surface area contributed by atoms with Gasteiger partial charge in [-0.2, -0.15) is 0 Å². The van der Waals surface area contributed by atoms with Gasteiger partial charge in [-0.05, 0) is 37.0 Å². The lowest BCUT2D eigenvalue weighted by Crippen LogP contribution is -2.23. The third-order valence-corrected chi connectivity index (χ3v) is 3.90. The molecule has 1 aromatic heterocycles. The number of anilines is 1. The molecular weight excluding hydrogens is 254 g/mol. The second-order valence-corrected chi connectivity index (χ2v) is 5.24. The van der Waals surface area contributed by atoms with E-state index in [1.807, 2.05) is 4.57 Å². The zero-order valence-electron chi connectivity index (χ0n) is 11.6. The fourth-order valence-electron chi connectivity index (χ4n) is 2.62. The van der Waals surface area contributed by atoms with Crippen LogP contribution in [0.4, 0.5) is 5.95 Å². The lowest BCUT2D eigenvalue weighted by molar-refractivity contribution is 0.0691. The van der Waals surface area contributed by atoms with Gasteiger partial charge in [0, 0.05) is 12.7 Å². The first-order valence-electron chi connectivity index (χ1n) is 6.69. The maximum Gasteiger partial charge on any atom is 0.356 e. The summed E-state index contributed by atoms with van der Waals surface area (Å²) in [5.41, 5.74) is 3.80. The number of nitrogens with zero attached hydrogens (tertiary/aromatic N) is 2. The molecule has 5 heteroatoms. The number of hydrogen-bond acceptors (Lipinski definition) is 3. The molecule has 0 fully saturated rings. The normalized spacial score (nSPS) is 17.4. The number of aryl methyl sites for hydroxylation is 2. The van der Waals surface area contributed by atoms with Gasteiger partial charge in [-0.25, -0.2) is 9.78 Å². The number of nitrogens with one attached hydrogen (secondary N) is 1. The lowest BCUT2D eigenvalue weighted by atomic mass is 9.98. The number of carbonyl (C=O) groups is 1. The van der Waals surface area contributed by atoms with Crippen molar-refractivity contribution >= 4 is 11.9 Å². The van der Waals surface area contributed by atoms with Gasteiger partial charge in [0.25, 0.3) is 0 Å². The third-order valence-electron chi connectivity index (χ3n) is 3.90. The minimum atomic E-state index is -0.993. The number of benzene rings is 1. The Morgan fingerprint density at radius 2 is 2.20 bits per heavy atom. The smallest absolute Gasteiger partial charge is 0.356 e. The summed E-state index contributed by atoms with van der Waals surface area (Å²) in [4.78, 5) is 15.2. The molecule has 2 aromatic rings. The maximum absolute atomic E-state index is 11.1.